The van der Waals surface area contributed by atoms with Crippen molar-refractivity contribution in [1.29, 1.82) is 0 Å². The third-order valence-electron chi connectivity index (χ3n) is 5.12. The summed E-state index contributed by atoms with van der Waals surface area (Å²) in [4.78, 5) is 9.80. The van der Waals surface area contributed by atoms with Crippen LogP contribution in [-0.4, -0.2) is 9.97 Å². The van der Waals surface area contributed by atoms with Crippen molar-refractivity contribution < 1.29 is 17.7 Å². The van der Waals surface area contributed by atoms with Crippen LogP contribution in [0.1, 0.15) is 22.3 Å². The van der Waals surface area contributed by atoms with E-state index in [-0.39, 0.29) is 12.4 Å². The van der Waals surface area contributed by atoms with Crippen molar-refractivity contribution in [3.8, 4) is 11.3 Å². The standard InChI is InChI=1S/C26H26N4.ClH/c1-17-13-18(2)15-22(14-17)29-25-26(28-21-11-6-5-7-12-21)30-23(16-27-25)24-19(3)9-8-10-20(24)4;/h5-16H,1-4H3,(H,27,29)(H,28,30);1H. The highest BCUT2D eigenvalue weighted by atomic mass is 35.5. The number of para-hydroxylation sites is 1. The number of quaternary nitrogens is 1. The number of nitrogens with two attached hydrogens (primary N) is 1. The third kappa shape index (κ3) is 5.29. The lowest BCUT2D eigenvalue weighted by molar-refractivity contribution is -0.482. The van der Waals surface area contributed by atoms with Gasteiger partial charge >= 0.3 is 0 Å². The topological polar surface area (TPSA) is 54.4 Å². The molecule has 1 heterocycles. The second-order valence-electron chi connectivity index (χ2n) is 7.81. The fourth-order valence-corrected chi connectivity index (χ4v) is 3.83. The lowest BCUT2D eigenvalue weighted by atomic mass is 10.0. The van der Waals surface area contributed by atoms with Crippen LogP contribution in [0.25, 0.3) is 11.3 Å². The van der Waals surface area contributed by atoms with Gasteiger partial charge < -0.3 is 17.7 Å². The van der Waals surface area contributed by atoms with Crippen molar-refractivity contribution >= 4 is 23.0 Å². The van der Waals surface area contributed by atoms with E-state index in [0.717, 1.165) is 34.3 Å². The van der Waals surface area contributed by atoms with E-state index < -0.39 is 0 Å². The van der Waals surface area contributed by atoms with E-state index in [1.165, 1.54) is 22.3 Å². The fourth-order valence-electron chi connectivity index (χ4n) is 3.83. The molecule has 5 heteroatoms. The minimum absolute atomic E-state index is 0. The molecule has 0 aliphatic rings. The Kier molecular flexibility index (Phi) is 7.06. The summed E-state index contributed by atoms with van der Waals surface area (Å²) in [6.45, 7) is 8.44. The van der Waals surface area contributed by atoms with Gasteiger partial charge in [-0.05, 0) is 74.2 Å². The molecule has 4 nitrogen and oxygen atoms in total. The highest BCUT2D eigenvalue weighted by molar-refractivity contribution is 5.71. The minimum atomic E-state index is 0. The van der Waals surface area contributed by atoms with Crippen LogP contribution in [0.3, 0.4) is 0 Å². The number of halogens is 1. The lowest BCUT2D eigenvalue weighted by Gasteiger charge is -2.13. The van der Waals surface area contributed by atoms with Crippen LogP contribution in [0, 0.1) is 27.7 Å². The number of rotatable bonds is 5. The summed E-state index contributed by atoms with van der Waals surface area (Å²) in [7, 11) is 0. The molecule has 0 saturated heterocycles. The average Bonchev–Trinajstić information content (AvgIpc) is 2.70. The molecule has 0 aliphatic carbocycles. The van der Waals surface area contributed by atoms with E-state index in [1.54, 1.807) is 0 Å². The Balaban J connectivity index is 0.00000272. The molecule has 158 valence electrons. The number of hydrogen-bond acceptors (Lipinski definition) is 3. The first-order valence-corrected chi connectivity index (χ1v) is 10.2. The summed E-state index contributed by atoms with van der Waals surface area (Å²) in [6.07, 6.45) is 1.86. The van der Waals surface area contributed by atoms with Gasteiger partial charge in [-0.2, -0.15) is 4.98 Å². The van der Waals surface area contributed by atoms with Crippen molar-refractivity contribution in [2.75, 3.05) is 5.32 Å². The van der Waals surface area contributed by atoms with Crippen LogP contribution in [0.15, 0.2) is 72.9 Å². The van der Waals surface area contributed by atoms with Crippen LogP contribution in [0.5, 0.6) is 0 Å². The summed E-state index contributed by atoms with van der Waals surface area (Å²) in [6, 6.07) is 23.0. The van der Waals surface area contributed by atoms with E-state index in [4.69, 9.17) is 9.97 Å². The normalized spacial score (nSPS) is 10.5. The van der Waals surface area contributed by atoms with Crippen LogP contribution >= 0.6 is 0 Å². The van der Waals surface area contributed by atoms with Crippen molar-refractivity contribution in [2.24, 2.45) is 0 Å². The van der Waals surface area contributed by atoms with E-state index in [0.29, 0.717) is 0 Å². The fraction of sp³-hybridized carbons (Fsp3) is 0.154. The number of nitrogens with zero attached hydrogens (tertiary/aromatic N) is 2. The van der Waals surface area contributed by atoms with Gasteiger partial charge in [-0.25, -0.2) is 4.98 Å². The van der Waals surface area contributed by atoms with Gasteiger partial charge in [0.1, 0.15) is 5.69 Å². The van der Waals surface area contributed by atoms with Crippen LogP contribution in [0.4, 0.5) is 23.0 Å². The maximum absolute atomic E-state index is 5.02. The third-order valence-corrected chi connectivity index (χ3v) is 5.12. The molecule has 0 amide bonds. The predicted octanol–water partition coefficient (Wildman–Crippen LogP) is 2.65. The first-order chi connectivity index (χ1) is 14.5. The van der Waals surface area contributed by atoms with Gasteiger partial charge in [0.25, 0.3) is 5.82 Å². The van der Waals surface area contributed by atoms with Gasteiger partial charge in [-0.15, -0.1) is 0 Å². The smallest absolute Gasteiger partial charge is 0.273 e. The van der Waals surface area contributed by atoms with Gasteiger partial charge in [0, 0.05) is 11.3 Å². The van der Waals surface area contributed by atoms with Gasteiger partial charge in [-0.1, -0.05) is 42.5 Å². The summed E-state index contributed by atoms with van der Waals surface area (Å²) in [5, 5.41) is 5.56. The number of anilines is 2. The van der Waals surface area contributed by atoms with Crippen LogP contribution in [0.2, 0.25) is 0 Å². The highest BCUT2D eigenvalue weighted by Gasteiger charge is 2.16. The van der Waals surface area contributed by atoms with E-state index >= 15 is 0 Å². The molecular weight excluding hydrogens is 404 g/mol. The SMILES string of the molecule is Cc1cc(C)cc(Nc2ncc(-c3c(C)cccc3C)nc2[NH2+]c2ccccc2)c1.[Cl-]. The molecule has 3 aromatic carbocycles. The quantitative estimate of drug-likeness (QED) is 0.478. The molecule has 4 aromatic rings. The molecule has 0 aliphatic heterocycles. The first-order valence-electron chi connectivity index (χ1n) is 10.2. The number of aromatic nitrogens is 2. The zero-order valence-corrected chi connectivity index (χ0v) is 19.0. The number of nitrogens with one attached hydrogen (secondary N) is 1. The average molecular weight is 431 g/mol. The Bertz CT molecular complexity index is 1150. The highest BCUT2D eigenvalue weighted by Crippen LogP contribution is 2.28. The molecule has 0 unspecified atom stereocenters. The molecular formula is C26H27ClN4. The number of hydrogen-bond donors (Lipinski definition) is 2. The van der Waals surface area contributed by atoms with Gasteiger partial charge in [0.05, 0.1) is 11.9 Å². The summed E-state index contributed by atoms with van der Waals surface area (Å²) < 4.78 is 0. The monoisotopic (exact) mass is 430 g/mol. The second-order valence-corrected chi connectivity index (χ2v) is 7.81. The van der Waals surface area contributed by atoms with Crippen molar-refractivity contribution in [2.45, 2.75) is 27.7 Å². The lowest BCUT2D eigenvalue weighted by Crippen LogP contribution is -3.00. The number of benzene rings is 3. The summed E-state index contributed by atoms with van der Waals surface area (Å²) >= 11 is 0. The Morgan fingerprint density at radius 3 is 2.06 bits per heavy atom. The van der Waals surface area contributed by atoms with Crippen molar-refractivity contribution in [3.05, 3.63) is 95.2 Å². The van der Waals surface area contributed by atoms with Crippen molar-refractivity contribution in [3.63, 3.8) is 0 Å². The van der Waals surface area contributed by atoms with Gasteiger partial charge in [0.15, 0.2) is 0 Å². The largest absolute Gasteiger partial charge is 1.00 e. The van der Waals surface area contributed by atoms with Crippen LogP contribution in [-0.2, 0) is 0 Å². The maximum atomic E-state index is 5.02. The van der Waals surface area contributed by atoms with Crippen molar-refractivity contribution in [1.82, 2.24) is 9.97 Å². The molecule has 0 atom stereocenters. The molecule has 0 radical (unpaired) electrons. The van der Waals surface area contributed by atoms with Crippen LogP contribution < -0.4 is 23.0 Å². The first kappa shape index (κ1) is 22.5. The van der Waals surface area contributed by atoms with E-state index in [1.807, 2.05) is 24.4 Å². The molecule has 0 bridgehead atoms. The van der Waals surface area contributed by atoms with Gasteiger partial charge in [0.2, 0.25) is 5.82 Å². The Morgan fingerprint density at radius 1 is 0.774 bits per heavy atom. The van der Waals surface area contributed by atoms with E-state index in [2.05, 4.69) is 86.9 Å². The Hall–Kier alpha value is -3.21. The molecule has 4 rings (SSSR count). The molecule has 31 heavy (non-hydrogen) atoms. The zero-order valence-electron chi connectivity index (χ0n) is 18.3. The molecule has 3 N–H and O–H groups in total. The minimum Gasteiger partial charge on any atom is -1.00 e. The Morgan fingerprint density at radius 2 is 1.42 bits per heavy atom. The molecule has 0 spiro atoms. The van der Waals surface area contributed by atoms with Gasteiger partial charge in [-0.3, -0.25) is 5.32 Å². The summed E-state index contributed by atoms with van der Waals surface area (Å²) in [5.41, 5.74) is 8.97. The molecule has 1 aromatic heterocycles. The zero-order chi connectivity index (χ0) is 21.1. The number of aryl methyl sites for hydroxylation is 4. The molecule has 0 fully saturated rings. The Labute approximate surface area is 190 Å². The second kappa shape index (κ2) is 9.73. The summed E-state index contributed by atoms with van der Waals surface area (Å²) in [5.74, 6) is 1.57. The molecule has 0 saturated carbocycles. The maximum Gasteiger partial charge on any atom is 0.273 e. The predicted molar refractivity (Wildman–Crippen MR) is 124 cm³/mol. The van der Waals surface area contributed by atoms with E-state index in [9.17, 15) is 0 Å².